The Morgan fingerprint density at radius 1 is 1.50 bits per heavy atom. The molecule has 0 radical (unpaired) electrons. The maximum absolute atomic E-state index is 12.8. The van der Waals surface area contributed by atoms with Crippen molar-refractivity contribution in [3.63, 3.8) is 0 Å². The van der Waals surface area contributed by atoms with Crippen LogP contribution in [-0.2, 0) is 4.79 Å². The zero-order valence-corrected chi connectivity index (χ0v) is 8.55. The molecule has 0 saturated carbocycles. The van der Waals surface area contributed by atoms with E-state index >= 15 is 0 Å². The highest BCUT2D eigenvalue weighted by molar-refractivity contribution is 8.13. The van der Waals surface area contributed by atoms with Crippen molar-refractivity contribution in [2.45, 2.75) is 31.9 Å². The fourth-order valence-corrected chi connectivity index (χ4v) is 1.41. The molecular weight excluding hydrogens is 220 g/mol. The van der Waals surface area contributed by atoms with Crippen molar-refractivity contribution in [1.29, 1.82) is 0 Å². The summed E-state index contributed by atoms with van der Waals surface area (Å²) in [7, 11) is 0. The van der Waals surface area contributed by atoms with Crippen molar-refractivity contribution in [1.82, 2.24) is 0 Å². The van der Waals surface area contributed by atoms with Gasteiger partial charge in [-0.3, -0.25) is 9.18 Å². The minimum Gasteiger partial charge on any atom is -0.288 e. The Morgan fingerprint density at radius 2 is 2.07 bits per heavy atom. The number of rotatable bonds is 6. The predicted octanol–water partition coefficient (Wildman–Crippen LogP) is 2.99. The lowest BCUT2D eigenvalue weighted by Crippen LogP contribution is -2.31. The quantitative estimate of drug-likeness (QED) is 0.655. The molecule has 0 amide bonds. The van der Waals surface area contributed by atoms with Crippen molar-refractivity contribution < 1.29 is 22.4 Å². The maximum atomic E-state index is 12.8. The summed E-state index contributed by atoms with van der Waals surface area (Å²) in [5, 5.41) is -0.244. The molecule has 0 aromatic heterocycles. The lowest BCUT2D eigenvalue weighted by Gasteiger charge is -2.18. The number of hydrogen-bond acceptors (Lipinski definition) is 2. The smallest absolute Gasteiger partial charge is 0.281 e. The van der Waals surface area contributed by atoms with Gasteiger partial charge in [-0.25, -0.2) is 13.2 Å². The van der Waals surface area contributed by atoms with E-state index in [-0.39, 0.29) is 10.9 Å². The van der Waals surface area contributed by atoms with Gasteiger partial charge >= 0.3 is 0 Å². The van der Waals surface area contributed by atoms with E-state index in [2.05, 4.69) is 0 Å². The third-order valence-corrected chi connectivity index (χ3v) is 2.41. The standard InChI is InChI=1S/C8H12F4OS/c1-6(13)14-5-2-7(10)8(11,12)3-4-9/h7H,2-5H2,1H3. The minimum atomic E-state index is -3.62. The highest BCUT2D eigenvalue weighted by Gasteiger charge is 2.39. The lowest BCUT2D eigenvalue weighted by atomic mass is 10.1. The Labute approximate surface area is 84.2 Å². The summed E-state index contributed by atoms with van der Waals surface area (Å²) in [6, 6.07) is 0. The second kappa shape index (κ2) is 6.27. The van der Waals surface area contributed by atoms with E-state index in [0.29, 0.717) is 0 Å². The SMILES string of the molecule is CC(=O)SCCC(F)C(F)(F)CCF. The molecule has 0 fully saturated rings. The highest BCUT2D eigenvalue weighted by Crippen LogP contribution is 2.28. The first kappa shape index (κ1) is 13.7. The van der Waals surface area contributed by atoms with Crippen LogP contribution in [0.1, 0.15) is 19.8 Å². The molecule has 84 valence electrons. The first-order valence-corrected chi connectivity index (χ1v) is 5.10. The molecule has 0 aromatic carbocycles. The predicted molar refractivity (Wildman–Crippen MR) is 48.2 cm³/mol. The van der Waals surface area contributed by atoms with Crippen molar-refractivity contribution in [3.8, 4) is 0 Å². The zero-order chi connectivity index (χ0) is 11.2. The van der Waals surface area contributed by atoms with Gasteiger partial charge in [0.1, 0.15) is 0 Å². The van der Waals surface area contributed by atoms with Crippen molar-refractivity contribution in [3.05, 3.63) is 0 Å². The number of halogens is 4. The number of thioether (sulfide) groups is 1. The molecule has 14 heavy (non-hydrogen) atoms. The minimum absolute atomic E-state index is 0.00161. The van der Waals surface area contributed by atoms with E-state index in [4.69, 9.17) is 0 Å². The fraction of sp³-hybridized carbons (Fsp3) is 0.875. The molecule has 0 spiro atoms. The van der Waals surface area contributed by atoms with Gasteiger partial charge in [-0.1, -0.05) is 11.8 Å². The van der Waals surface area contributed by atoms with Crippen LogP contribution in [0.3, 0.4) is 0 Å². The summed E-state index contributed by atoms with van der Waals surface area (Å²) in [5.41, 5.74) is 0. The summed E-state index contributed by atoms with van der Waals surface area (Å²) in [6.45, 7) is 0.0326. The average Bonchev–Trinajstić information content (AvgIpc) is 2.03. The molecule has 0 N–H and O–H groups in total. The molecule has 0 aliphatic heterocycles. The van der Waals surface area contributed by atoms with Crippen LogP contribution >= 0.6 is 11.8 Å². The van der Waals surface area contributed by atoms with E-state index < -0.39 is 31.6 Å². The molecule has 0 bridgehead atoms. The summed E-state index contributed by atoms with van der Waals surface area (Å²) in [5.74, 6) is -3.62. The number of alkyl halides is 4. The van der Waals surface area contributed by atoms with Crippen LogP contribution in [0.4, 0.5) is 17.6 Å². The van der Waals surface area contributed by atoms with Crippen LogP contribution in [0.25, 0.3) is 0 Å². The van der Waals surface area contributed by atoms with Crippen LogP contribution < -0.4 is 0 Å². The number of hydrogen-bond donors (Lipinski definition) is 0. The van der Waals surface area contributed by atoms with Gasteiger partial charge in [-0.15, -0.1) is 0 Å². The van der Waals surface area contributed by atoms with E-state index in [1.54, 1.807) is 0 Å². The third kappa shape index (κ3) is 5.47. The second-order valence-electron chi connectivity index (χ2n) is 2.80. The van der Waals surface area contributed by atoms with Gasteiger partial charge in [-0.2, -0.15) is 0 Å². The molecule has 1 unspecified atom stereocenters. The Morgan fingerprint density at radius 3 is 2.50 bits per heavy atom. The van der Waals surface area contributed by atoms with Gasteiger partial charge < -0.3 is 0 Å². The van der Waals surface area contributed by atoms with E-state index in [1.807, 2.05) is 0 Å². The first-order chi connectivity index (χ1) is 6.40. The second-order valence-corrected chi connectivity index (χ2v) is 4.07. The molecule has 1 nitrogen and oxygen atoms in total. The monoisotopic (exact) mass is 232 g/mol. The Kier molecular flexibility index (Phi) is 6.15. The third-order valence-electron chi connectivity index (χ3n) is 1.56. The molecular formula is C8H12F4OS. The van der Waals surface area contributed by atoms with E-state index in [0.717, 1.165) is 11.8 Å². The maximum Gasteiger partial charge on any atom is 0.281 e. The fourth-order valence-electron chi connectivity index (χ4n) is 0.800. The van der Waals surface area contributed by atoms with Gasteiger partial charge in [0, 0.05) is 19.1 Å². The Balaban J connectivity index is 3.82. The summed E-state index contributed by atoms with van der Waals surface area (Å²) < 4.78 is 49.6. The summed E-state index contributed by atoms with van der Waals surface area (Å²) in [6.07, 6.45) is -3.90. The van der Waals surface area contributed by atoms with Gasteiger partial charge in [0.15, 0.2) is 11.3 Å². The van der Waals surface area contributed by atoms with Gasteiger partial charge in [0.2, 0.25) is 0 Å². The van der Waals surface area contributed by atoms with Crippen LogP contribution in [0.2, 0.25) is 0 Å². The number of carbonyl (C=O) groups is 1. The Hall–Kier alpha value is -0.260. The van der Waals surface area contributed by atoms with E-state index in [1.165, 1.54) is 6.92 Å². The van der Waals surface area contributed by atoms with Gasteiger partial charge in [0.05, 0.1) is 6.67 Å². The van der Waals surface area contributed by atoms with Crippen LogP contribution in [0, 0.1) is 0 Å². The van der Waals surface area contributed by atoms with Gasteiger partial charge in [-0.05, 0) is 6.42 Å². The first-order valence-electron chi connectivity index (χ1n) is 4.11. The highest BCUT2D eigenvalue weighted by atomic mass is 32.2. The molecule has 1 atom stereocenters. The van der Waals surface area contributed by atoms with Crippen molar-refractivity contribution in [2.24, 2.45) is 0 Å². The molecule has 0 aliphatic rings. The normalized spacial score (nSPS) is 14.1. The van der Waals surface area contributed by atoms with Crippen molar-refractivity contribution in [2.75, 3.05) is 12.4 Å². The molecule has 0 saturated heterocycles. The Bertz CT molecular complexity index is 186. The molecule has 6 heteroatoms. The van der Waals surface area contributed by atoms with Crippen LogP contribution in [0.15, 0.2) is 0 Å². The van der Waals surface area contributed by atoms with Crippen molar-refractivity contribution >= 4 is 16.9 Å². The zero-order valence-electron chi connectivity index (χ0n) is 7.73. The average molecular weight is 232 g/mol. The topological polar surface area (TPSA) is 17.1 Å². The molecule has 0 heterocycles. The van der Waals surface area contributed by atoms with Crippen LogP contribution in [-0.4, -0.2) is 29.6 Å². The molecule has 0 rings (SSSR count). The van der Waals surface area contributed by atoms with Crippen LogP contribution in [0.5, 0.6) is 0 Å². The lowest BCUT2D eigenvalue weighted by molar-refractivity contribution is -0.109. The van der Waals surface area contributed by atoms with Gasteiger partial charge in [0.25, 0.3) is 5.92 Å². The number of carbonyl (C=O) groups excluding carboxylic acids is 1. The van der Waals surface area contributed by atoms with E-state index in [9.17, 15) is 22.4 Å². The molecule has 0 aromatic rings. The molecule has 0 aliphatic carbocycles. The summed E-state index contributed by atoms with van der Waals surface area (Å²) >= 11 is 0.788. The largest absolute Gasteiger partial charge is 0.288 e. The summed E-state index contributed by atoms with van der Waals surface area (Å²) in [4.78, 5) is 10.4.